The first-order valence-corrected chi connectivity index (χ1v) is 8.75. The number of benzene rings is 1. The SMILES string of the molecule is Cc1ccc(=O)n(CC(=O)Nc2ccc(C(=O)NCc3cccnc3)cc2)c1. The Morgan fingerprint density at radius 2 is 1.86 bits per heavy atom. The molecule has 2 N–H and O–H groups in total. The second-order valence-corrected chi connectivity index (χ2v) is 6.34. The number of aryl methyl sites for hydroxylation is 1. The van der Waals surface area contributed by atoms with E-state index in [-0.39, 0.29) is 23.9 Å². The zero-order valence-corrected chi connectivity index (χ0v) is 15.4. The van der Waals surface area contributed by atoms with Gasteiger partial charge in [0.15, 0.2) is 0 Å². The Morgan fingerprint density at radius 1 is 1.07 bits per heavy atom. The van der Waals surface area contributed by atoms with Crippen molar-refractivity contribution in [1.29, 1.82) is 0 Å². The van der Waals surface area contributed by atoms with Crippen LogP contribution in [0.4, 0.5) is 5.69 Å². The lowest BCUT2D eigenvalue weighted by atomic mass is 10.2. The van der Waals surface area contributed by atoms with Gasteiger partial charge in [0.1, 0.15) is 6.54 Å². The molecule has 28 heavy (non-hydrogen) atoms. The van der Waals surface area contributed by atoms with Crippen LogP contribution in [0.5, 0.6) is 0 Å². The number of hydrogen-bond acceptors (Lipinski definition) is 4. The maximum Gasteiger partial charge on any atom is 0.251 e. The topological polar surface area (TPSA) is 93.1 Å². The second-order valence-electron chi connectivity index (χ2n) is 6.34. The molecule has 2 heterocycles. The minimum Gasteiger partial charge on any atom is -0.348 e. The van der Waals surface area contributed by atoms with E-state index in [0.717, 1.165) is 11.1 Å². The quantitative estimate of drug-likeness (QED) is 0.689. The molecule has 0 bridgehead atoms. The Hall–Kier alpha value is -3.74. The number of hydrogen-bond donors (Lipinski definition) is 2. The van der Waals surface area contributed by atoms with E-state index < -0.39 is 0 Å². The summed E-state index contributed by atoms with van der Waals surface area (Å²) >= 11 is 0. The van der Waals surface area contributed by atoms with Gasteiger partial charge in [-0.3, -0.25) is 19.4 Å². The molecule has 7 heteroatoms. The molecule has 3 rings (SSSR count). The Labute approximate surface area is 162 Å². The highest BCUT2D eigenvalue weighted by atomic mass is 16.2. The molecular formula is C21H20N4O3. The highest BCUT2D eigenvalue weighted by Gasteiger charge is 2.08. The van der Waals surface area contributed by atoms with E-state index in [2.05, 4.69) is 15.6 Å². The summed E-state index contributed by atoms with van der Waals surface area (Å²) in [5.41, 5.74) is 2.60. The fraction of sp³-hybridized carbons (Fsp3) is 0.143. The molecule has 0 fully saturated rings. The highest BCUT2D eigenvalue weighted by molar-refractivity contribution is 5.95. The summed E-state index contributed by atoms with van der Waals surface area (Å²) in [5.74, 6) is -0.533. The molecule has 0 radical (unpaired) electrons. The lowest BCUT2D eigenvalue weighted by Crippen LogP contribution is -2.27. The summed E-state index contributed by atoms with van der Waals surface area (Å²) in [6.45, 7) is 2.16. The van der Waals surface area contributed by atoms with Crippen LogP contribution < -0.4 is 16.2 Å². The average molecular weight is 376 g/mol. The van der Waals surface area contributed by atoms with E-state index >= 15 is 0 Å². The summed E-state index contributed by atoms with van der Waals surface area (Å²) in [7, 11) is 0. The molecule has 0 saturated heterocycles. The van der Waals surface area contributed by atoms with E-state index in [0.29, 0.717) is 17.8 Å². The van der Waals surface area contributed by atoms with Gasteiger partial charge < -0.3 is 15.2 Å². The average Bonchev–Trinajstić information content (AvgIpc) is 2.70. The van der Waals surface area contributed by atoms with Crippen molar-refractivity contribution in [3.05, 3.63) is 94.2 Å². The molecule has 2 amide bonds. The van der Waals surface area contributed by atoms with Crippen LogP contribution in [0.2, 0.25) is 0 Å². The van der Waals surface area contributed by atoms with Gasteiger partial charge in [-0.1, -0.05) is 12.1 Å². The zero-order valence-electron chi connectivity index (χ0n) is 15.4. The summed E-state index contributed by atoms with van der Waals surface area (Å²) < 4.78 is 1.35. The van der Waals surface area contributed by atoms with E-state index in [1.54, 1.807) is 48.9 Å². The summed E-state index contributed by atoms with van der Waals surface area (Å²) in [4.78, 5) is 40.2. The van der Waals surface area contributed by atoms with Gasteiger partial charge in [-0.15, -0.1) is 0 Å². The predicted octanol–water partition coefficient (Wildman–Crippen LogP) is 2.12. The van der Waals surface area contributed by atoms with Crippen molar-refractivity contribution in [3.8, 4) is 0 Å². The van der Waals surface area contributed by atoms with Crippen molar-refractivity contribution >= 4 is 17.5 Å². The lowest BCUT2D eigenvalue weighted by molar-refractivity contribution is -0.116. The zero-order chi connectivity index (χ0) is 19.9. The molecular weight excluding hydrogens is 356 g/mol. The molecule has 3 aromatic rings. The van der Waals surface area contributed by atoms with Crippen molar-refractivity contribution in [2.24, 2.45) is 0 Å². The van der Waals surface area contributed by atoms with Crippen LogP contribution in [0.3, 0.4) is 0 Å². The third kappa shape index (κ3) is 5.14. The Kier molecular flexibility index (Phi) is 5.96. The number of carbonyl (C=O) groups excluding carboxylic acids is 2. The Bertz CT molecular complexity index is 1030. The van der Waals surface area contributed by atoms with Gasteiger partial charge in [-0.2, -0.15) is 0 Å². The van der Waals surface area contributed by atoms with Crippen LogP contribution >= 0.6 is 0 Å². The number of carbonyl (C=O) groups is 2. The number of nitrogens with zero attached hydrogens (tertiary/aromatic N) is 2. The number of pyridine rings is 2. The molecule has 0 aliphatic heterocycles. The van der Waals surface area contributed by atoms with E-state index in [1.807, 2.05) is 19.1 Å². The monoisotopic (exact) mass is 376 g/mol. The van der Waals surface area contributed by atoms with Gasteiger partial charge in [0, 0.05) is 42.5 Å². The first-order valence-electron chi connectivity index (χ1n) is 8.75. The highest BCUT2D eigenvalue weighted by Crippen LogP contribution is 2.10. The fourth-order valence-corrected chi connectivity index (χ4v) is 2.62. The van der Waals surface area contributed by atoms with Gasteiger partial charge in [0.05, 0.1) is 0 Å². The molecule has 142 valence electrons. The smallest absolute Gasteiger partial charge is 0.251 e. The van der Waals surface area contributed by atoms with Crippen LogP contribution in [0.25, 0.3) is 0 Å². The van der Waals surface area contributed by atoms with Gasteiger partial charge in [0.2, 0.25) is 5.91 Å². The number of anilines is 1. The predicted molar refractivity (Wildman–Crippen MR) is 106 cm³/mol. The largest absolute Gasteiger partial charge is 0.348 e. The molecule has 0 aliphatic carbocycles. The van der Waals surface area contributed by atoms with Gasteiger partial charge in [-0.05, 0) is 48.4 Å². The van der Waals surface area contributed by atoms with E-state index in [9.17, 15) is 14.4 Å². The molecule has 0 saturated carbocycles. The number of nitrogens with one attached hydrogen (secondary N) is 2. The van der Waals surface area contributed by atoms with Crippen LogP contribution in [-0.4, -0.2) is 21.4 Å². The molecule has 0 unspecified atom stereocenters. The lowest BCUT2D eigenvalue weighted by Gasteiger charge is -2.09. The van der Waals surface area contributed by atoms with Crippen LogP contribution in [0.1, 0.15) is 21.5 Å². The van der Waals surface area contributed by atoms with Gasteiger partial charge in [0.25, 0.3) is 11.5 Å². The van der Waals surface area contributed by atoms with Gasteiger partial charge >= 0.3 is 0 Å². The van der Waals surface area contributed by atoms with Crippen molar-refractivity contribution < 1.29 is 9.59 Å². The molecule has 1 aromatic carbocycles. The molecule has 0 aliphatic rings. The third-order valence-corrected chi connectivity index (χ3v) is 4.05. The first-order chi connectivity index (χ1) is 13.5. The minimum absolute atomic E-state index is 0.0755. The van der Waals surface area contributed by atoms with E-state index in [4.69, 9.17) is 0 Å². The maximum absolute atomic E-state index is 12.2. The van der Waals surface area contributed by atoms with Crippen LogP contribution in [0.15, 0.2) is 71.9 Å². The minimum atomic E-state index is -0.318. The van der Waals surface area contributed by atoms with E-state index in [1.165, 1.54) is 10.6 Å². The Morgan fingerprint density at radius 3 is 2.57 bits per heavy atom. The van der Waals surface area contributed by atoms with Crippen molar-refractivity contribution in [2.45, 2.75) is 20.0 Å². The third-order valence-electron chi connectivity index (χ3n) is 4.05. The molecule has 0 atom stereocenters. The number of aromatic nitrogens is 2. The number of rotatable bonds is 6. The molecule has 0 spiro atoms. The number of amides is 2. The maximum atomic E-state index is 12.2. The standard InChI is InChI=1S/C21H20N4O3/c1-15-4-9-20(27)25(13-15)14-19(26)24-18-7-5-17(6-8-18)21(28)23-12-16-3-2-10-22-11-16/h2-11,13H,12,14H2,1H3,(H,23,28)(H,24,26). The summed E-state index contributed by atoms with van der Waals surface area (Å²) in [6, 6.07) is 13.4. The summed E-state index contributed by atoms with van der Waals surface area (Å²) in [5, 5.41) is 5.54. The van der Waals surface area contributed by atoms with Crippen molar-refractivity contribution in [2.75, 3.05) is 5.32 Å². The second kappa shape index (κ2) is 8.77. The first kappa shape index (κ1) is 19.0. The molecule has 2 aromatic heterocycles. The van der Waals surface area contributed by atoms with Crippen molar-refractivity contribution in [1.82, 2.24) is 14.9 Å². The van der Waals surface area contributed by atoms with Crippen LogP contribution in [0, 0.1) is 6.92 Å². The van der Waals surface area contributed by atoms with Gasteiger partial charge in [-0.25, -0.2) is 0 Å². The molecule has 7 nitrogen and oxygen atoms in total. The van der Waals surface area contributed by atoms with Crippen LogP contribution in [-0.2, 0) is 17.9 Å². The normalized spacial score (nSPS) is 10.3. The summed E-state index contributed by atoms with van der Waals surface area (Å²) in [6.07, 6.45) is 5.00. The Balaban J connectivity index is 1.56. The van der Waals surface area contributed by atoms with Crippen molar-refractivity contribution in [3.63, 3.8) is 0 Å². The fourth-order valence-electron chi connectivity index (χ4n) is 2.62.